The first-order valence-electron chi connectivity index (χ1n) is 6.55. The number of hydrogen-bond donors (Lipinski definition) is 2. The zero-order chi connectivity index (χ0) is 17.4. The molecule has 0 spiro atoms. The van der Waals surface area contributed by atoms with Crippen LogP contribution in [0.2, 0.25) is 10.0 Å². The van der Waals surface area contributed by atoms with Gasteiger partial charge in [-0.25, -0.2) is 16.8 Å². The minimum atomic E-state index is -4.16. The van der Waals surface area contributed by atoms with Gasteiger partial charge in [0.1, 0.15) is 0 Å². The molecule has 1 aromatic rings. The lowest BCUT2D eigenvalue weighted by Crippen LogP contribution is -2.47. The normalized spacial score (nSPS) is 24.2. The van der Waals surface area contributed by atoms with Crippen LogP contribution in [0.4, 0.5) is 0 Å². The number of benzene rings is 1. The molecule has 0 unspecified atom stereocenters. The number of sulfonamides is 1. The number of aliphatic hydroxyl groups excluding tert-OH is 2. The van der Waals surface area contributed by atoms with Crippen LogP contribution in [-0.2, 0) is 19.9 Å². The quantitative estimate of drug-likeness (QED) is 0.722. The Hall–Kier alpha value is -0.420. The van der Waals surface area contributed by atoms with E-state index in [1.807, 2.05) is 0 Å². The van der Waals surface area contributed by atoms with Crippen molar-refractivity contribution in [3.05, 3.63) is 28.2 Å². The Balaban J connectivity index is 2.45. The molecule has 0 saturated carbocycles. The van der Waals surface area contributed by atoms with Gasteiger partial charge in [0.15, 0.2) is 9.84 Å². The monoisotopic (exact) mass is 403 g/mol. The lowest BCUT2D eigenvalue weighted by Gasteiger charge is -2.28. The third-order valence-corrected chi connectivity index (χ3v) is 7.84. The zero-order valence-corrected chi connectivity index (χ0v) is 14.9. The predicted octanol–water partition coefficient (Wildman–Crippen LogP) is 0.134. The molecule has 2 atom stereocenters. The van der Waals surface area contributed by atoms with E-state index in [1.54, 1.807) is 0 Å². The molecular weight excluding hydrogens is 389 g/mol. The van der Waals surface area contributed by atoms with E-state index >= 15 is 0 Å². The highest BCUT2D eigenvalue weighted by Crippen LogP contribution is 2.29. The summed E-state index contributed by atoms with van der Waals surface area (Å²) in [6, 6.07) is 2.51. The van der Waals surface area contributed by atoms with Gasteiger partial charge in [0.05, 0.1) is 45.2 Å². The van der Waals surface area contributed by atoms with Gasteiger partial charge in [0, 0.05) is 6.54 Å². The Labute approximate surface area is 144 Å². The standard InChI is InChI=1S/C12H15Cl2NO6S2/c13-9-2-1-8(5-10(9)14)23(20,21)15(3-4-16)11-6-22(18,19)7-12(11)17/h1-2,5,11-12,16-17H,3-4,6-7H2/t11-,12+/m0/s1. The zero-order valence-electron chi connectivity index (χ0n) is 11.8. The number of aliphatic hydroxyl groups is 2. The molecule has 7 nitrogen and oxygen atoms in total. The molecule has 0 aliphatic carbocycles. The van der Waals surface area contributed by atoms with E-state index in [-0.39, 0.29) is 21.5 Å². The van der Waals surface area contributed by atoms with Crippen molar-refractivity contribution in [2.45, 2.75) is 17.0 Å². The van der Waals surface area contributed by atoms with Crippen molar-refractivity contribution < 1.29 is 27.0 Å². The van der Waals surface area contributed by atoms with Crippen LogP contribution in [0.3, 0.4) is 0 Å². The van der Waals surface area contributed by atoms with E-state index < -0.39 is 50.1 Å². The highest BCUT2D eigenvalue weighted by molar-refractivity contribution is 7.92. The molecule has 2 rings (SSSR count). The fourth-order valence-electron chi connectivity index (χ4n) is 2.42. The first kappa shape index (κ1) is 18.9. The van der Waals surface area contributed by atoms with E-state index in [9.17, 15) is 21.9 Å². The SMILES string of the molecule is O=S1(=O)C[C@@H](O)[C@@H](N(CCO)S(=O)(=O)c2ccc(Cl)c(Cl)c2)C1. The van der Waals surface area contributed by atoms with E-state index in [0.29, 0.717) is 0 Å². The molecule has 1 saturated heterocycles. The second-order valence-corrected chi connectivity index (χ2v) is 9.99. The number of halogens is 2. The predicted molar refractivity (Wildman–Crippen MR) is 85.9 cm³/mol. The van der Waals surface area contributed by atoms with Crippen molar-refractivity contribution in [2.24, 2.45) is 0 Å². The van der Waals surface area contributed by atoms with E-state index in [2.05, 4.69) is 0 Å². The molecule has 1 aromatic carbocycles. The van der Waals surface area contributed by atoms with Crippen molar-refractivity contribution in [3.8, 4) is 0 Å². The lowest BCUT2D eigenvalue weighted by atomic mass is 10.2. The second kappa shape index (κ2) is 6.83. The van der Waals surface area contributed by atoms with Crippen LogP contribution >= 0.6 is 23.2 Å². The Bertz CT molecular complexity index is 796. The maximum atomic E-state index is 12.7. The van der Waals surface area contributed by atoms with Crippen LogP contribution in [0.5, 0.6) is 0 Å². The molecule has 1 fully saturated rings. The molecule has 1 aliphatic heterocycles. The number of sulfone groups is 1. The summed E-state index contributed by atoms with van der Waals surface area (Å²) in [6.45, 7) is -0.871. The van der Waals surface area contributed by atoms with Gasteiger partial charge in [0.2, 0.25) is 10.0 Å². The number of hydrogen-bond acceptors (Lipinski definition) is 6. The minimum absolute atomic E-state index is 0.0243. The summed E-state index contributed by atoms with van der Waals surface area (Å²) in [6.07, 6.45) is -1.36. The summed E-state index contributed by atoms with van der Waals surface area (Å²) in [5.41, 5.74) is 0. The third kappa shape index (κ3) is 3.98. The Morgan fingerprint density at radius 1 is 1.22 bits per heavy atom. The summed E-state index contributed by atoms with van der Waals surface area (Å²) < 4.78 is 49.5. The average Bonchev–Trinajstić information content (AvgIpc) is 2.71. The number of rotatable bonds is 5. The van der Waals surface area contributed by atoms with E-state index in [0.717, 1.165) is 10.4 Å². The molecule has 1 aliphatic rings. The van der Waals surface area contributed by atoms with Crippen molar-refractivity contribution in [1.29, 1.82) is 0 Å². The summed E-state index contributed by atoms with van der Waals surface area (Å²) in [5.74, 6) is -1.02. The van der Waals surface area contributed by atoms with E-state index in [1.165, 1.54) is 12.1 Å². The summed E-state index contributed by atoms with van der Waals surface area (Å²) in [7, 11) is -7.71. The topological polar surface area (TPSA) is 112 Å². The van der Waals surface area contributed by atoms with Gasteiger partial charge in [0.25, 0.3) is 0 Å². The van der Waals surface area contributed by atoms with Gasteiger partial charge in [-0.1, -0.05) is 23.2 Å². The first-order chi connectivity index (χ1) is 10.6. The largest absolute Gasteiger partial charge is 0.395 e. The van der Waals surface area contributed by atoms with Gasteiger partial charge in [-0.15, -0.1) is 0 Å². The summed E-state index contributed by atoms with van der Waals surface area (Å²) in [4.78, 5) is -0.197. The molecule has 11 heteroatoms. The highest BCUT2D eigenvalue weighted by Gasteiger charge is 2.44. The molecular formula is C12H15Cl2NO6S2. The summed E-state index contributed by atoms with van der Waals surface area (Å²) in [5, 5.41) is 19.2. The van der Waals surface area contributed by atoms with E-state index in [4.69, 9.17) is 28.3 Å². The molecule has 1 heterocycles. The maximum Gasteiger partial charge on any atom is 0.243 e. The third-order valence-electron chi connectivity index (χ3n) is 3.48. The Morgan fingerprint density at radius 2 is 1.87 bits per heavy atom. The van der Waals surface area contributed by atoms with Crippen LogP contribution in [0.25, 0.3) is 0 Å². The van der Waals surface area contributed by atoms with Crippen molar-refractivity contribution in [3.63, 3.8) is 0 Å². The van der Waals surface area contributed by atoms with Crippen LogP contribution in [0, 0.1) is 0 Å². The summed E-state index contributed by atoms with van der Waals surface area (Å²) >= 11 is 11.6. The maximum absolute atomic E-state index is 12.7. The van der Waals surface area contributed by atoms with Gasteiger partial charge >= 0.3 is 0 Å². The van der Waals surface area contributed by atoms with Crippen molar-refractivity contribution in [2.75, 3.05) is 24.7 Å². The van der Waals surface area contributed by atoms with Crippen LogP contribution in [0.15, 0.2) is 23.1 Å². The molecule has 23 heavy (non-hydrogen) atoms. The smallest absolute Gasteiger partial charge is 0.243 e. The Morgan fingerprint density at radius 3 is 2.35 bits per heavy atom. The van der Waals surface area contributed by atoms with Crippen molar-refractivity contribution in [1.82, 2.24) is 4.31 Å². The lowest BCUT2D eigenvalue weighted by molar-refractivity contribution is 0.117. The first-order valence-corrected chi connectivity index (χ1v) is 10.6. The minimum Gasteiger partial charge on any atom is -0.395 e. The van der Waals surface area contributed by atoms with Gasteiger partial charge in [-0.05, 0) is 18.2 Å². The molecule has 2 N–H and O–H groups in total. The van der Waals surface area contributed by atoms with Gasteiger partial charge in [-0.3, -0.25) is 0 Å². The van der Waals surface area contributed by atoms with Crippen LogP contribution in [-0.4, -0.2) is 68.2 Å². The molecule has 0 amide bonds. The van der Waals surface area contributed by atoms with Crippen molar-refractivity contribution >= 4 is 43.1 Å². The van der Waals surface area contributed by atoms with Gasteiger partial charge < -0.3 is 10.2 Å². The molecule has 0 bridgehead atoms. The average molecular weight is 404 g/mol. The Kier molecular flexibility index (Phi) is 5.62. The highest BCUT2D eigenvalue weighted by atomic mass is 35.5. The van der Waals surface area contributed by atoms with Crippen LogP contribution < -0.4 is 0 Å². The molecule has 0 aromatic heterocycles. The molecule has 0 radical (unpaired) electrons. The van der Waals surface area contributed by atoms with Gasteiger partial charge in [-0.2, -0.15) is 4.31 Å². The van der Waals surface area contributed by atoms with Crippen LogP contribution in [0.1, 0.15) is 0 Å². The molecule has 130 valence electrons. The number of nitrogens with zero attached hydrogens (tertiary/aromatic N) is 1. The fourth-order valence-corrected chi connectivity index (χ4v) is 6.35. The second-order valence-electron chi connectivity index (χ2n) is 5.13. The fraction of sp³-hybridized carbons (Fsp3) is 0.500.